The van der Waals surface area contributed by atoms with Crippen LogP contribution in [0.25, 0.3) is 0 Å². The lowest BCUT2D eigenvalue weighted by Gasteiger charge is -2.12. The monoisotopic (exact) mass is 215 g/mol. The molecule has 2 N–H and O–H groups in total. The number of hydrogen-bond donors (Lipinski definition) is 1. The van der Waals surface area contributed by atoms with Crippen molar-refractivity contribution in [3.05, 3.63) is 35.4 Å². The zero-order valence-corrected chi connectivity index (χ0v) is 8.17. The Morgan fingerprint density at radius 3 is 2.47 bits per heavy atom. The third-order valence-corrected chi connectivity index (χ3v) is 1.87. The first-order valence-electron chi connectivity index (χ1n) is 4.39. The number of hydrogen-bond acceptors (Lipinski definition) is 2. The van der Waals surface area contributed by atoms with E-state index < -0.39 is 23.8 Å². The number of carbonyl (C=O) groups is 1. The summed E-state index contributed by atoms with van der Waals surface area (Å²) in [6.45, 7) is 1.51. The van der Waals surface area contributed by atoms with Crippen LogP contribution < -0.4 is 5.73 Å². The van der Waals surface area contributed by atoms with Gasteiger partial charge >= 0.3 is 6.09 Å². The average molecular weight is 215 g/mol. The van der Waals surface area contributed by atoms with E-state index in [-0.39, 0.29) is 12.0 Å². The number of nitrogens with two attached hydrogens (primary N) is 1. The van der Waals surface area contributed by atoms with E-state index in [1.165, 1.54) is 13.0 Å². The molecule has 0 aliphatic heterocycles. The Morgan fingerprint density at radius 1 is 1.47 bits per heavy atom. The molecule has 0 radical (unpaired) electrons. The molecule has 15 heavy (non-hydrogen) atoms. The molecule has 0 spiro atoms. The molecule has 0 aliphatic carbocycles. The van der Waals surface area contributed by atoms with E-state index in [1.807, 2.05) is 0 Å². The predicted octanol–water partition coefficient (Wildman–Crippen LogP) is 1.99. The van der Waals surface area contributed by atoms with Gasteiger partial charge in [-0.3, -0.25) is 0 Å². The van der Waals surface area contributed by atoms with Gasteiger partial charge in [-0.15, -0.1) is 0 Å². The van der Waals surface area contributed by atoms with Crippen molar-refractivity contribution in [3.8, 4) is 0 Å². The molecule has 5 heteroatoms. The van der Waals surface area contributed by atoms with Gasteiger partial charge in [0.2, 0.25) is 0 Å². The number of halogens is 2. The average Bonchev–Trinajstić information content (AvgIpc) is 2.10. The van der Waals surface area contributed by atoms with Gasteiger partial charge < -0.3 is 10.5 Å². The maximum atomic E-state index is 13.1. The lowest BCUT2D eigenvalue weighted by Crippen LogP contribution is -2.22. The van der Waals surface area contributed by atoms with Gasteiger partial charge in [0.25, 0.3) is 0 Å². The maximum Gasteiger partial charge on any atom is 0.404 e. The second-order valence-electron chi connectivity index (χ2n) is 3.15. The van der Waals surface area contributed by atoms with Crippen LogP contribution in [-0.4, -0.2) is 12.2 Å². The minimum Gasteiger partial charge on any atom is -0.446 e. The second kappa shape index (κ2) is 4.72. The largest absolute Gasteiger partial charge is 0.446 e. The Labute approximate surface area is 85.8 Å². The first kappa shape index (κ1) is 11.4. The Kier molecular flexibility index (Phi) is 3.60. The van der Waals surface area contributed by atoms with E-state index in [2.05, 4.69) is 4.74 Å². The van der Waals surface area contributed by atoms with Crippen LogP contribution in [0.3, 0.4) is 0 Å². The third kappa shape index (κ3) is 3.19. The summed E-state index contributed by atoms with van der Waals surface area (Å²) in [7, 11) is 0. The van der Waals surface area contributed by atoms with Crippen LogP contribution >= 0.6 is 0 Å². The van der Waals surface area contributed by atoms with Crippen LogP contribution in [0.4, 0.5) is 13.6 Å². The summed E-state index contributed by atoms with van der Waals surface area (Å²) in [5, 5.41) is 0. The normalized spacial score (nSPS) is 12.2. The third-order valence-electron chi connectivity index (χ3n) is 1.87. The highest BCUT2D eigenvalue weighted by atomic mass is 19.1. The van der Waals surface area contributed by atoms with Gasteiger partial charge in [0.1, 0.15) is 17.7 Å². The van der Waals surface area contributed by atoms with Crippen molar-refractivity contribution in [3.63, 3.8) is 0 Å². The van der Waals surface area contributed by atoms with E-state index in [9.17, 15) is 13.6 Å². The Morgan fingerprint density at radius 2 is 2.00 bits per heavy atom. The minimum atomic E-state index is -0.959. The zero-order chi connectivity index (χ0) is 11.4. The number of carbonyl (C=O) groups excluding carboxylic acids is 1. The molecular formula is C10H11F2NO2. The van der Waals surface area contributed by atoms with Crippen molar-refractivity contribution in [2.75, 3.05) is 0 Å². The molecule has 1 atom stereocenters. The topological polar surface area (TPSA) is 52.3 Å². The van der Waals surface area contributed by atoms with Gasteiger partial charge in [0, 0.05) is 12.0 Å². The summed E-state index contributed by atoms with van der Waals surface area (Å²) in [4.78, 5) is 10.4. The van der Waals surface area contributed by atoms with E-state index in [0.29, 0.717) is 0 Å². The molecule has 3 nitrogen and oxygen atoms in total. The molecular weight excluding hydrogens is 204 g/mol. The molecule has 0 aliphatic rings. The minimum absolute atomic E-state index is 0.0402. The number of rotatable bonds is 3. The van der Waals surface area contributed by atoms with Crippen molar-refractivity contribution < 1.29 is 18.3 Å². The highest BCUT2D eigenvalue weighted by molar-refractivity contribution is 5.64. The standard InChI is InChI=1S/C10H11F2NO2/c1-6(15-10(13)14)5-7-8(11)3-2-4-9(7)12/h2-4,6H,5H2,1H3,(H2,13,14). The molecule has 82 valence electrons. The molecule has 1 amide bonds. The molecule has 0 fully saturated rings. The van der Waals surface area contributed by atoms with Gasteiger partial charge in [0.15, 0.2) is 0 Å². The number of amides is 1. The van der Waals surface area contributed by atoms with Crippen LogP contribution in [0.1, 0.15) is 12.5 Å². The van der Waals surface area contributed by atoms with Crippen LogP contribution in [0.2, 0.25) is 0 Å². The predicted molar refractivity (Wildman–Crippen MR) is 50.2 cm³/mol. The van der Waals surface area contributed by atoms with Crippen LogP contribution in [0, 0.1) is 11.6 Å². The highest BCUT2D eigenvalue weighted by Gasteiger charge is 2.14. The van der Waals surface area contributed by atoms with E-state index >= 15 is 0 Å². The first-order chi connectivity index (χ1) is 7.00. The van der Waals surface area contributed by atoms with Crippen LogP contribution in [0.15, 0.2) is 18.2 Å². The van der Waals surface area contributed by atoms with Crippen molar-refractivity contribution in [1.82, 2.24) is 0 Å². The van der Waals surface area contributed by atoms with Crippen molar-refractivity contribution in [1.29, 1.82) is 0 Å². The molecule has 1 aromatic rings. The lowest BCUT2D eigenvalue weighted by molar-refractivity contribution is 0.115. The Hall–Kier alpha value is -1.65. The maximum absolute atomic E-state index is 13.1. The smallest absolute Gasteiger partial charge is 0.404 e. The molecule has 0 aromatic heterocycles. The van der Waals surface area contributed by atoms with Crippen LogP contribution in [0.5, 0.6) is 0 Å². The zero-order valence-electron chi connectivity index (χ0n) is 8.17. The quantitative estimate of drug-likeness (QED) is 0.838. The Balaban J connectivity index is 2.76. The number of ether oxygens (including phenoxy) is 1. The molecule has 1 unspecified atom stereocenters. The summed E-state index contributed by atoms with van der Waals surface area (Å²) >= 11 is 0. The van der Waals surface area contributed by atoms with Gasteiger partial charge in [-0.1, -0.05) is 6.07 Å². The molecule has 0 saturated heterocycles. The summed E-state index contributed by atoms with van der Waals surface area (Å²) < 4.78 is 30.8. The van der Waals surface area contributed by atoms with Crippen molar-refractivity contribution in [2.45, 2.75) is 19.4 Å². The van der Waals surface area contributed by atoms with Gasteiger partial charge in [0.05, 0.1) is 0 Å². The lowest BCUT2D eigenvalue weighted by atomic mass is 10.1. The summed E-state index contributed by atoms with van der Waals surface area (Å²) in [5.41, 5.74) is 4.67. The van der Waals surface area contributed by atoms with Gasteiger partial charge in [-0.05, 0) is 19.1 Å². The first-order valence-corrected chi connectivity index (χ1v) is 4.39. The summed E-state index contributed by atoms with van der Waals surface area (Å²) in [6.07, 6.45) is -1.66. The molecule has 0 saturated carbocycles. The van der Waals surface area contributed by atoms with E-state index in [4.69, 9.17) is 5.73 Å². The van der Waals surface area contributed by atoms with Crippen LogP contribution in [-0.2, 0) is 11.2 Å². The highest BCUT2D eigenvalue weighted by Crippen LogP contribution is 2.15. The van der Waals surface area contributed by atoms with Gasteiger partial charge in [-0.25, -0.2) is 13.6 Å². The summed E-state index contributed by atoms with van der Waals surface area (Å²) in [5.74, 6) is -1.31. The number of benzene rings is 1. The number of primary amides is 1. The second-order valence-corrected chi connectivity index (χ2v) is 3.15. The molecule has 1 aromatic carbocycles. The molecule has 1 rings (SSSR count). The summed E-state index contributed by atoms with van der Waals surface area (Å²) in [6, 6.07) is 3.57. The van der Waals surface area contributed by atoms with Gasteiger partial charge in [-0.2, -0.15) is 0 Å². The molecule has 0 bridgehead atoms. The Bertz CT molecular complexity index is 348. The van der Waals surface area contributed by atoms with E-state index in [1.54, 1.807) is 0 Å². The SMILES string of the molecule is CC(Cc1c(F)cccc1F)OC(N)=O. The fraction of sp³-hybridized carbons (Fsp3) is 0.300. The fourth-order valence-corrected chi connectivity index (χ4v) is 1.25. The van der Waals surface area contributed by atoms with Crippen molar-refractivity contribution >= 4 is 6.09 Å². The van der Waals surface area contributed by atoms with Crippen molar-refractivity contribution in [2.24, 2.45) is 5.73 Å². The molecule has 0 heterocycles. The van der Waals surface area contributed by atoms with E-state index in [0.717, 1.165) is 12.1 Å². The fourth-order valence-electron chi connectivity index (χ4n) is 1.25.